The zero-order chi connectivity index (χ0) is 9.47. The SMILES string of the molecule is CC1=CC(C)(C)OC2C=CN=CC12. The molecule has 0 spiro atoms. The highest BCUT2D eigenvalue weighted by Gasteiger charge is 2.33. The summed E-state index contributed by atoms with van der Waals surface area (Å²) in [7, 11) is 0. The van der Waals surface area contributed by atoms with Crippen LogP contribution in [0.2, 0.25) is 0 Å². The van der Waals surface area contributed by atoms with Gasteiger partial charge in [-0.25, -0.2) is 0 Å². The molecular formula is C11H15NO. The van der Waals surface area contributed by atoms with Gasteiger partial charge in [0.1, 0.15) is 0 Å². The third-order valence-electron chi connectivity index (χ3n) is 2.50. The van der Waals surface area contributed by atoms with Crippen molar-refractivity contribution in [1.82, 2.24) is 0 Å². The van der Waals surface area contributed by atoms with E-state index in [0.717, 1.165) is 0 Å². The van der Waals surface area contributed by atoms with E-state index < -0.39 is 0 Å². The second kappa shape index (κ2) is 2.81. The Morgan fingerprint density at radius 3 is 3.00 bits per heavy atom. The van der Waals surface area contributed by atoms with Crippen molar-refractivity contribution in [2.45, 2.75) is 32.5 Å². The molecule has 0 radical (unpaired) electrons. The average Bonchev–Trinajstić information content (AvgIpc) is 2.02. The van der Waals surface area contributed by atoms with E-state index in [1.165, 1.54) is 5.57 Å². The molecule has 0 aromatic rings. The van der Waals surface area contributed by atoms with E-state index in [0.29, 0.717) is 5.92 Å². The van der Waals surface area contributed by atoms with Gasteiger partial charge in [-0.15, -0.1) is 0 Å². The average molecular weight is 177 g/mol. The maximum atomic E-state index is 5.89. The summed E-state index contributed by atoms with van der Waals surface area (Å²) >= 11 is 0. The molecular weight excluding hydrogens is 162 g/mol. The van der Waals surface area contributed by atoms with Crippen LogP contribution < -0.4 is 0 Å². The number of nitrogens with zero attached hydrogens (tertiary/aromatic N) is 1. The van der Waals surface area contributed by atoms with Crippen LogP contribution in [0, 0.1) is 5.92 Å². The Labute approximate surface area is 79.0 Å². The lowest BCUT2D eigenvalue weighted by atomic mass is 9.87. The van der Waals surface area contributed by atoms with Crippen LogP contribution in [0.25, 0.3) is 0 Å². The van der Waals surface area contributed by atoms with E-state index in [1.807, 2.05) is 18.5 Å². The van der Waals surface area contributed by atoms with Crippen molar-refractivity contribution < 1.29 is 4.74 Å². The van der Waals surface area contributed by atoms with Crippen molar-refractivity contribution in [3.63, 3.8) is 0 Å². The Hall–Kier alpha value is -0.890. The van der Waals surface area contributed by atoms with Crippen LogP contribution in [0.5, 0.6) is 0 Å². The summed E-state index contributed by atoms with van der Waals surface area (Å²) in [6.45, 7) is 6.33. The zero-order valence-electron chi connectivity index (χ0n) is 8.32. The number of hydrogen-bond acceptors (Lipinski definition) is 2. The molecule has 13 heavy (non-hydrogen) atoms. The molecule has 2 heterocycles. The highest BCUT2D eigenvalue weighted by molar-refractivity contribution is 5.69. The Bertz CT molecular complexity index is 299. The van der Waals surface area contributed by atoms with E-state index in [1.54, 1.807) is 0 Å². The number of ether oxygens (including phenoxy) is 1. The lowest BCUT2D eigenvalue weighted by Gasteiger charge is -2.37. The molecule has 2 heteroatoms. The highest BCUT2D eigenvalue weighted by Crippen LogP contribution is 2.32. The van der Waals surface area contributed by atoms with Crippen LogP contribution >= 0.6 is 0 Å². The molecule has 2 unspecified atom stereocenters. The van der Waals surface area contributed by atoms with E-state index >= 15 is 0 Å². The van der Waals surface area contributed by atoms with E-state index in [4.69, 9.17) is 4.74 Å². The fraction of sp³-hybridized carbons (Fsp3) is 0.545. The van der Waals surface area contributed by atoms with Crippen molar-refractivity contribution in [2.75, 3.05) is 0 Å². The summed E-state index contributed by atoms with van der Waals surface area (Å²) in [5, 5.41) is 0. The zero-order valence-corrected chi connectivity index (χ0v) is 8.32. The molecule has 0 saturated heterocycles. The molecule has 0 saturated carbocycles. The molecule has 0 aliphatic carbocycles. The molecule has 2 aliphatic heterocycles. The van der Waals surface area contributed by atoms with Gasteiger partial charge >= 0.3 is 0 Å². The summed E-state index contributed by atoms with van der Waals surface area (Å²) in [5.41, 5.74) is 1.22. The van der Waals surface area contributed by atoms with Crippen molar-refractivity contribution in [3.05, 3.63) is 23.9 Å². The Morgan fingerprint density at radius 1 is 1.46 bits per heavy atom. The van der Waals surface area contributed by atoms with Gasteiger partial charge in [-0.3, -0.25) is 4.99 Å². The lowest BCUT2D eigenvalue weighted by molar-refractivity contribution is -0.0388. The summed E-state index contributed by atoms with van der Waals surface area (Å²) < 4.78 is 5.89. The Balaban J connectivity index is 2.33. The molecule has 70 valence electrons. The van der Waals surface area contributed by atoms with E-state index in [2.05, 4.69) is 31.8 Å². The quantitative estimate of drug-likeness (QED) is 0.520. The predicted octanol–water partition coefficient (Wildman–Crippen LogP) is 2.32. The first-order valence-corrected chi connectivity index (χ1v) is 4.66. The van der Waals surface area contributed by atoms with E-state index in [-0.39, 0.29) is 11.7 Å². The van der Waals surface area contributed by atoms with Gasteiger partial charge in [-0.1, -0.05) is 11.6 Å². The number of rotatable bonds is 0. The lowest BCUT2D eigenvalue weighted by Crippen LogP contribution is -2.39. The number of aliphatic imine (C=N–C) groups is 1. The van der Waals surface area contributed by atoms with Gasteiger partial charge in [0.15, 0.2) is 0 Å². The van der Waals surface area contributed by atoms with Crippen molar-refractivity contribution >= 4 is 6.21 Å². The molecule has 0 aromatic heterocycles. The van der Waals surface area contributed by atoms with Gasteiger partial charge in [-0.2, -0.15) is 0 Å². The fourth-order valence-electron chi connectivity index (χ4n) is 2.00. The minimum atomic E-state index is -0.138. The van der Waals surface area contributed by atoms with Crippen LogP contribution in [0.3, 0.4) is 0 Å². The molecule has 0 N–H and O–H groups in total. The minimum Gasteiger partial charge on any atom is -0.363 e. The van der Waals surface area contributed by atoms with Crippen LogP contribution in [0.15, 0.2) is 28.9 Å². The standard InChI is InChI=1S/C11H15NO/c1-8-6-11(2,3)13-10-4-5-12-7-9(8)10/h4-7,9-10H,1-3H3. The molecule has 0 fully saturated rings. The van der Waals surface area contributed by atoms with Crippen molar-refractivity contribution in [3.8, 4) is 0 Å². The summed E-state index contributed by atoms with van der Waals surface area (Å²) in [6, 6.07) is 0. The van der Waals surface area contributed by atoms with Crippen LogP contribution in [-0.4, -0.2) is 17.9 Å². The van der Waals surface area contributed by atoms with Gasteiger partial charge in [0.2, 0.25) is 0 Å². The molecule has 0 bridgehead atoms. The van der Waals surface area contributed by atoms with E-state index in [9.17, 15) is 0 Å². The number of hydrogen-bond donors (Lipinski definition) is 0. The summed E-state index contributed by atoms with van der Waals surface area (Å²) in [6.07, 6.45) is 8.17. The number of fused-ring (bicyclic) bond motifs is 1. The normalized spacial score (nSPS) is 35.5. The van der Waals surface area contributed by atoms with Gasteiger partial charge in [0, 0.05) is 18.3 Å². The first kappa shape index (κ1) is 8.70. The molecule has 2 nitrogen and oxygen atoms in total. The van der Waals surface area contributed by atoms with Crippen molar-refractivity contribution in [1.29, 1.82) is 0 Å². The van der Waals surface area contributed by atoms with Crippen LogP contribution in [0.1, 0.15) is 20.8 Å². The second-order valence-electron chi connectivity index (χ2n) is 4.24. The highest BCUT2D eigenvalue weighted by atomic mass is 16.5. The minimum absolute atomic E-state index is 0.138. The summed E-state index contributed by atoms with van der Waals surface area (Å²) in [4.78, 5) is 4.13. The summed E-state index contributed by atoms with van der Waals surface area (Å²) in [5.74, 6) is 0.345. The second-order valence-corrected chi connectivity index (χ2v) is 4.24. The Morgan fingerprint density at radius 2 is 2.23 bits per heavy atom. The monoisotopic (exact) mass is 177 g/mol. The van der Waals surface area contributed by atoms with Gasteiger partial charge in [-0.05, 0) is 26.8 Å². The Kier molecular flexibility index (Phi) is 1.88. The van der Waals surface area contributed by atoms with Crippen LogP contribution in [-0.2, 0) is 4.74 Å². The van der Waals surface area contributed by atoms with Gasteiger partial charge in [0.05, 0.1) is 11.7 Å². The third-order valence-corrected chi connectivity index (χ3v) is 2.50. The topological polar surface area (TPSA) is 21.6 Å². The molecule has 2 aliphatic rings. The first-order valence-electron chi connectivity index (χ1n) is 4.66. The third kappa shape index (κ3) is 1.59. The predicted molar refractivity (Wildman–Crippen MR) is 53.8 cm³/mol. The van der Waals surface area contributed by atoms with Gasteiger partial charge < -0.3 is 4.74 Å². The maximum Gasteiger partial charge on any atom is 0.0900 e. The van der Waals surface area contributed by atoms with Crippen molar-refractivity contribution in [2.24, 2.45) is 10.9 Å². The van der Waals surface area contributed by atoms with Gasteiger partial charge in [0.25, 0.3) is 0 Å². The molecule has 2 atom stereocenters. The molecule has 2 rings (SSSR count). The smallest absolute Gasteiger partial charge is 0.0900 e. The molecule has 0 aromatic carbocycles. The fourth-order valence-corrected chi connectivity index (χ4v) is 2.00. The molecule has 0 amide bonds. The largest absolute Gasteiger partial charge is 0.363 e. The van der Waals surface area contributed by atoms with Crippen LogP contribution in [0.4, 0.5) is 0 Å². The maximum absolute atomic E-state index is 5.89. The first-order chi connectivity index (χ1) is 6.08.